The van der Waals surface area contributed by atoms with Crippen molar-refractivity contribution in [3.8, 4) is 0 Å². The van der Waals surface area contributed by atoms with E-state index in [0.29, 0.717) is 11.5 Å². The highest BCUT2D eigenvalue weighted by Crippen LogP contribution is 2.35. The fraction of sp³-hybridized carbons (Fsp3) is 0.421. The number of piperidine rings is 3. The number of furan rings is 1. The van der Waals surface area contributed by atoms with Gasteiger partial charge in [0.05, 0.1) is 6.26 Å². The number of esters is 1. The van der Waals surface area contributed by atoms with Gasteiger partial charge in [0.15, 0.2) is 5.76 Å². The first-order valence-electron chi connectivity index (χ1n) is 8.43. The molecule has 0 radical (unpaired) electrons. The van der Waals surface area contributed by atoms with E-state index in [1.807, 2.05) is 6.07 Å². The molecular weight excluding hydrogens is 306 g/mol. The standard InChI is InChI=1S/C19H21NO4/c21-18(24-16-13-20-10-8-14(16)9-11-20)19(22,17-7-4-12-23-17)15-5-2-1-3-6-15/h1-7,12,14,16,22H,8-11,13H2/t16-,19?/m0/s1. The monoisotopic (exact) mass is 327 g/mol. The third-order valence-corrected chi connectivity index (χ3v) is 5.22. The van der Waals surface area contributed by atoms with Gasteiger partial charge in [-0.15, -0.1) is 0 Å². The molecule has 126 valence electrons. The van der Waals surface area contributed by atoms with Crippen molar-refractivity contribution in [2.24, 2.45) is 5.92 Å². The van der Waals surface area contributed by atoms with Crippen LogP contribution in [0.15, 0.2) is 53.1 Å². The van der Waals surface area contributed by atoms with Crippen LogP contribution >= 0.6 is 0 Å². The zero-order valence-electron chi connectivity index (χ0n) is 13.4. The highest BCUT2D eigenvalue weighted by molar-refractivity contribution is 5.84. The van der Waals surface area contributed by atoms with Crippen LogP contribution in [0.25, 0.3) is 0 Å². The normalized spacial score (nSPS) is 28.3. The van der Waals surface area contributed by atoms with Gasteiger partial charge in [-0.2, -0.15) is 0 Å². The van der Waals surface area contributed by atoms with Gasteiger partial charge < -0.3 is 14.3 Å². The number of carbonyl (C=O) groups is 1. The van der Waals surface area contributed by atoms with E-state index in [0.717, 1.165) is 32.5 Å². The van der Waals surface area contributed by atoms with E-state index in [4.69, 9.17) is 9.15 Å². The molecule has 2 atom stereocenters. The summed E-state index contributed by atoms with van der Waals surface area (Å²) in [5, 5.41) is 11.2. The minimum absolute atomic E-state index is 0.162. The third kappa shape index (κ3) is 2.54. The molecule has 24 heavy (non-hydrogen) atoms. The predicted octanol–water partition coefficient (Wildman–Crippen LogP) is 2.15. The molecule has 3 saturated heterocycles. The van der Waals surface area contributed by atoms with Gasteiger partial charge in [-0.3, -0.25) is 4.90 Å². The Morgan fingerprint density at radius 3 is 2.50 bits per heavy atom. The Labute approximate surface area is 140 Å². The predicted molar refractivity (Wildman–Crippen MR) is 87.2 cm³/mol. The van der Waals surface area contributed by atoms with Crippen molar-refractivity contribution in [1.29, 1.82) is 0 Å². The number of aliphatic hydroxyl groups is 1. The molecule has 3 fully saturated rings. The van der Waals surface area contributed by atoms with Gasteiger partial charge in [0, 0.05) is 12.1 Å². The molecule has 2 aromatic rings. The summed E-state index contributed by atoms with van der Waals surface area (Å²) in [7, 11) is 0. The van der Waals surface area contributed by atoms with Crippen molar-refractivity contribution in [3.63, 3.8) is 0 Å². The average molecular weight is 327 g/mol. The Kier molecular flexibility index (Phi) is 3.90. The third-order valence-electron chi connectivity index (χ3n) is 5.22. The first-order valence-corrected chi connectivity index (χ1v) is 8.43. The van der Waals surface area contributed by atoms with Crippen LogP contribution in [0.1, 0.15) is 24.2 Å². The van der Waals surface area contributed by atoms with Crippen molar-refractivity contribution < 1.29 is 19.1 Å². The fourth-order valence-electron chi connectivity index (χ4n) is 3.79. The molecule has 5 rings (SSSR count). The number of nitrogens with zero attached hydrogens (tertiary/aromatic N) is 1. The van der Waals surface area contributed by atoms with Crippen molar-refractivity contribution in [3.05, 3.63) is 60.1 Å². The lowest BCUT2D eigenvalue weighted by Gasteiger charge is -2.44. The minimum Gasteiger partial charge on any atom is -0.465 e. The Morgan fingerprint density at radius 1 is 1.17 bits per heavy atom. The lowest BCUT2D eigenvalue weighted by Crippen LogP contribution is -2.53. The molecule has 0 spiro atoms. The number of benzene rings is 1. The highest BCUT2D eigenvalue weighted by atomic mass is 16.6. The van der Waals surface area contributed by atoms with Crippen molar-refractivity contribution in [2.45, 2.75) is 24.5 Å². The molecule has 2 bridgehead atoms. The summed E-state index contributed by atoms with van der Waals surface area (Å²) in [4.78, 5) is 15.3. The van der Waals surface area contributed by atoms with E-state index < -0.39 is 11.6 Å². The van der Waals surface area contributed by atoms with Crippen LogP contribution in [-0.4, -0.2) is 41.7 Å². The van der Waals surface area contributed by atoms with Crippen LogP contribution < -0.4 is 0 Å². The summed E-state index contributed by atoms with van der Waals surface area (Å²) >= 11 is 0. The van der Waals surface area contributed by atoms with Gasteiger partial charge in [-0.05, 0) is 44.0 Å². The summed E-state index contributed by atoms with van der Waals surface area (Å²) in [5.74, 6) is -0.0991. The van der Waals surface area contributed by atoms with Crippen LogP contribution in [0.4, 0.5) is 0 Å². The largest absolute Gasteiger partial charge is 0.465 e. The zero-order valence-corrected chi connectivity index (χ0v) is 13.4. The number of hydrogen-bond donors (Lipinski definition) is 1. The second kappa shape index (κ2) is 6.07. The summed E-state index contributed by atoms with van der Waals surface area (Å²) in [6, 6.07) is 12.1. The van der Waals surface area contributed by atoms with Crippen LogP contribution in [0.5, 0.6) is 0 Å². The second-order valence-electron chi connectivity index (χ2n) is 6.64. The lowest BCUT2D eigenvalue weighted by atomic mass is 9.85. The van der Waals surface area contributed by atoms with E-state index in [2.05, 4.69) is 4.90 Å². The Morgan fingerprint density at radius 2 is 1.92 bits per heavy atom. The Balaban J connectivity index is 1.63. The molecular formula is C19H21NO4. The van der Waals surface area contributed by atoms with E-state index in [-0.39, 0.29) is 11.9 Å². The first-order chi connectivity index (χ1) is 11.7. The van der Waals surface area contributed by atoms with Gasteiger partial charge in [-0.25, -0.2) is 4.79 Å². The van der Waals surface area contributed by atoms with Gasteiger partial charge in [-0.1, -0.05) is 30.3 Å². The van der Waals surface area contributed by atoms with Crippen molar-refractivity contribution in [1.82, 2.24) is 4.90 Å². The summed E-state index contributed by atoms with van der Waals surface area (Å²) in [6.07, 6.45) is 3.38. The van der Waals surface area contributed by atoms with E-state index >= 15 is 0 Å². The van der Waals surface area contributed by atoms with Crippen LogP contribution in [0, 0.1) is 5.92 Å². The Bertz CT molecular complexity index is 691. The van der Waals surface area contributed by atoms with Crippen molar-refractivity contribution >= 4 is 5.97 Å². The zero-order chi connectivity index (χ0) is 16.6. The number of rotatable bonds is 4. The SMILES string of the molecule is O=C(O[C@H]1CN2CCC1CC2)C(O)(c1ccccc1)c1ccco1. The number of fused-ring (bicyclic) bond motifs is 3. The quantitative estimate of drug-likeness (QED) is 0.872. The molecule has 0 aliphatic carbocycles. The maximum Gasteiger partial charge on any atom is 0.351 e. The molecule has 1 aromatic carbocycles. The Hall–Kier alpha value is -2.11. The second-order valence-corrected chi connectivity index (χ2v) is 6.64. The molecule has 0 amide bonds. The molecule has 5 heteroatoms. The maximum absolute atomic E-state index is 13.0. The van der Waals surface area contributed by atoms with Crippen LogP contribution in [0.3, 0.4) is 0 Å². The summed E-state index contributed by atoms with van der Waals surface area (Å²) < 4.78 is 11.1. The number of ether oxygens (including phenoxy) is 1. The molecule has 3 aliphatic heterocycles. The van der Waals surface area contributed by atoms with E-state index in [1.165, 1.54) is 6.26 Å². The molecule has 1 N–H and O–H groups in total. The van der Waals surface area contributed by atoms with Gasteiger partial charge in [0.2, 0.25) is 5.60 Å². The van der Waals surface area contributed by atoms with E-state index in [1.54, 1.807) is 36.4 Å². The summed E-state index contributed by atoms with van der Waals surface area (Å²) in [5.41, 5.74) is -1.47. The molecule has 1 aromatic heterocycles. The van der Waals surface area contributed by atoms with Crippen molar-refractivity contribution in [2.75, 3.05) is 19.6 Å². The smallest absolute Gasteiger partial charge is 0.351 e. The molecule has 4 heterocycles. The fourth-order valence-corrected chi connectivity index (χ4v) is 3.79. The summed E-state index contributed by atoms with van der Waals surface area (Å²) in [6.45, 7) is 2.89. The molecule has 0 saturated carbocycles. The lowest BCUT2D eigenvalue weighted by molar-refractivity contribution is -0.178. The molecule has 3 aliphatic rings. The van der Waals surface area contributed by atoms with Gasteiger partial charge >= 0.3 is 5.97 Å². The minimum atomic E-state index is -1.92. The topological polar surface area (TPSA) is 62.9 Å². The van der Waals surface area contributed by atoms with Gasteiger partial charge in [0.1, 0.15) is 6.10 Å². The number of carbonyl (C=O) groups excluding carboxylic acids is 1. The highest BCUT2D eigenvalue weighted by Gasteiger charge is 2.47. The number of hydrogen-bond acceptors (Lipinski definition) is 5. The molecule has 5 nitrogen and oxygen atoms in total. The van der Waals surface area contributed by atoms with Gasteiger partial charge in [0.25, 0.3) is 0 Å². The van der Waals surface area contributed by atoms with E-state index in [9.17, 15) is 9.90 Å². The average Bonchev–Trinajstić information content (AvgIpc) is 3.18. The van der Waals surface area contributed by atoms with Crippen LogP contribution in [0.2, 0.25) is 0 Å². The van der Waals surface area contributed by atoms with Crippen LogP contribution in [-0.2, 0) is 15.1 Å². The molecule has 1 unspecified atom stereocenters. The first kappa shape index (κ1) is 15.4. The maximum atomic E-state index is 13.0.